The monoisotopic (exact) mass is 327 g/mol. The van der Waals surface area contributed by atoms with Crippen LogP contribution in [0.5, 0.6) is 0 Å². The van der Waals surface area contributed by atoms with Crippen molar-refractivity contribution in [2.45, 2.75) is 40.2 Å². The highest BCUT2D eigenvalue weighted by Crippen LogP contribution is 2.29. The van der Waals surface area contributed by atoms with E-state index in [4.69, 9.17) is 0 Å². The molecule has 1 unspecified atom stereocenters. The quantitative estimate of drug-likeness (QED) is 0.596. The van der Waals surface area contributed by atoms with E-state index in [1.165, 1.54) is 5.56 Å². The van der Waals surface area contributed by atoms with E-state index >= 15 is 0 Å². The van der Waals surface area contributed by atoms with Gasteiger partial charge in [0.05, 0.1) is 0 Å². The summed E-state index contributed by atoms with van der Waals surface area (Å²) < 4.78 is 0. The van der Waals surface area contributed by atoms with E-state index in [0.29, 0.717) is 0 Å². The molecular formula is C20H25NOS. The Morgan fingerprint density at radius 3 is 2.48 bits per heavy atom. The number of benzene rings is 1. The van der Waals surface area contributed by atoms with Gasteiger partial charge in [-0.15, -0.1) is 11.8 Å². The van der Waals surface area contributed by atoms with Crippen molar-refractivity contribution in [1.29, 1.82) is 0 Å². The normalized spacial score (nSPS) is 18.1. The third-order valence-electron chi connectivity index (χ3n) is 3.90. The SMILES string of the molecule is CCS/C(C)=C(\C(=O)c1ccc(CC)cc1)C1=CC(C)NC=C1. The maximum absolute atomic E-state index is 13.1. The zero-order valence-corrected chi connectivity index (χ0v) is 15.2. The molecule has 0 aliphatic carbocycles. The zero-order chi connectivity index (χ0) is 16.8. The topological polar surface area (TPSA) is 29.1 Å². The van der Waals surface area contributed by atoms with E-state index in [9.17, 15) is 4.79 Å². The van der Waals surface area contributed by atoms with Crippen LogP contribution in [0.3, 0.4) is 0 Å². The first-order chi connectivity index (χ1) is 11.1. The molecule has 0 spiro atoms. The predicted molar refractivity (Wildman–Crippen MR) is 101 cm³/mol. The van der Waals surface area contributed by atoms with Crippen LogP contribution in [0.2, 0.25) is 0 Å². The van der Waals surface area contributed by atoms with Gasteiger partial charge in [0.15, 0.2) is 5.78 Å². The van der Waals surface area contributed by atoms with Gasteiger partial charge in [-0.2, -0.15) is 0 Å². The molecule has 1 aliphatic heterocycles. The van der Waals surface area contributed by atoms with Crippen LogP contribution >= 0.6 is 11.8 Å². The molecule has 2 rings (SSSR count). The summed E-state index contributed by atoms with van der Waals surface area (Å²) in [6.45, 7) is 8.37. The predicted octanol–water partition coefficient (Wildman–Crippen LogP) is 4.89. The number of thioether (sulfide) groups is 1. The molecule has 1 N–H and O–H groups in total. The second-order valence-electron chi connectivity index (χ2n) is 5.65. The molecule has 0 bridgehead atoms. The van der Waals surface area contributed by atoms with Gasteiger partial charge in [-0.05, 0) is 54.3 Å². The third kappa shape index (κ3) is 4.38. The Bertz CT molecular complexity index is 653. The van der Waals surface area contributed by atoms with E-state index in [1.54, 1.807) is 11.8 Å². The Balaban J connectivity index is 2.42. The summed E-state index contributed by atoms with van der Waals surface area (Å²) in [6.07, 6.45) is 7.02. The number of rotatable bonds is 6. The molecular weight excluding hydrogens is 302 g/mol. The van der Waals surface area contributed by atoms with Crippen LogP contribution in [0.25, 0.3) is 0 Å². The molecule has 3 heteroatoms. The van der Waals surface area contributed by atoms with Crippen molar-refractivity contribution < 1.29 is 4.79 Å². The Morgan fingerprint density at radius 2 is 1.91 bits per heavy atom. The summed E-state index contributed by atoms with van der Waals surface area (Å²) in [4.78, 5) is 14.2. The maximum atomic E-state index is 13.1. The number of Topliss-reactive ketones (excluding diaryl/α,β-unsaturated/α-hetero) is 1. The fourth-order valence-corrected chi connectivity index (χ4v) is 3.44. The fourth-order valence-electron chi connectivity index (χ4n) is 2.65. The number of carbonyl (C=O) groups is 1. The molecule has 1 atom stereocenters. The van der Waals surface area contributed by atoms with E-state index in [-0.39, 0.29) is 11.8 Å². The van der Waals surface area contributed by atoms with Crippen LogP contribution in [-0.2, 0) is 6.42 Å². The molecule has 0 aromatic heterocycles. The van der Waals surface area contributed by atoms with Gasteiger partial charge in [0, 0.05) is 17.2 Å². The number of aryl methyl sites for hydroxylation is 1. The smallest absolute Gasteiger partial charge is 0.194 e. The first kappa shape index (κ1) is 17.6. The highest BCUT2D eigenvalue weighted by atomic mass is 32.2. The second kappa shape index (κ2) is 8.21. The van der Waals surface area contributed by atoms with Gasteiger partial charge in [0.1, 0.15) is 0 Å². The summed E-state index contributed by atoms with van der Waals surface area (Å²) in [5.41, 5.74) is 3.85. The van der Waals surface area contributed by atoms with Gasteiger partial charge >= 0.3 is 0 Å². The lowest BCUT2D eigenvalue weighted by Crippen LogP contribution is -2.22. The zero-order valence-electron chi connectivity index (χ0n) is 14.3. The second-order valence-corrected chi connectivity index (χ2v) is 7.13. The van der Waals surface area contributed by atoms with Gasteiger partial charge in [-0.3, -0.25) is 4.79 Å². The highest BCUT2D eigenvalue weighted by molar-refractivity contribution is 8.03. The molecule has 1 aliphatic rings. The van der Waals surface area contributed by atoms with E-state index in [0.717, 1.165) is 33.8 Å². The van der Waals surface area contributed by atoms with Crippen LogP contribution in [-0.4, -0.2) is 17.6 Å². The average Bonchev–Trinajstić information content (AvgIpc) is 2.55. The lowest BCUT2D eigenvalue weighted by molar-refractivity contribution is 0.103. The Hall–Kier alpha value is -1.74. The number of hydrogen-bond donors (Lipinski definition) is 1. The van der Waals surface area contributed by atoms with E-state index in [1.807, 2.05) is 43.5 Å². The van der Waals surface area contributed by atoms with Crippen molar-refractivity contribution in [3.8, 4) is 0 Å². The van der Waals surface area contributed by atoms with Crippen molar-refractivity contribution in [3.05, 3.63) is 69.8 Å². The molecule has 0 amide bonds. The molecule has 23 heavy (non-hydrogen) atoms. The molecule has 0 radical (unpaired) electrons. The molecule has 0 fully saturated rings. The first-order valence-corrected chi connectivity index (χ1v) is 9.17. The van der Waals surface area contributed by atoms with Crippen LogP contribution in [0.4, 0.5) is 0 Å². The minimum Gasteiger partial charge on any atom is -0.385 e. The number of carbonyl (C=O) groups excluding carboxylic acids is 1. The Morgan fingerprint density at radius 1 is 1.22 bits per heavy atom. The van der Waals surface area contributed by atoms with E-state index < -0.39 is 0 Å². The minimum atomic E-state index is 0.108. The Kier molecular flexibility index (Phi) is 6.28. The molecule has 122 valence electrons. The summed E-state index contributed by atoms with van der Waals surface area (Å²) >= 11 is 1.73. The van der Waals surface area contributed by atoms with Crippen molar-refractivity contribution in [2.24, 2.45) is 0 Å². The molecule has 0 saturated heterocycles. The lowest BCUT2D eigenvalue weighted by Gasteiger charge is -2.18. The van der Waals surface area contributed by atoms with Crippen molar-refractivity contribution >= 4 is 17.5 Å². The number of nitrogens with one attached hydrogen (secondary N) is 1. The molecule has 1 aromatic rings. The number of dihydropyridines is 1. The summed E-state index contributed by atoms with van der Waals surface area (Å²) in [5.74, 6) is 1.07. The van der Waals surface area contributed by atoms with E-state index in [2.05, 4.69) is 32.2 Å². The van der Waals surface area contributed by atoms with Crippen LogP contribution in [0, 0.1) is 0 Å². The first-order valence-electron chi connectivity index (χ1n) is 8.18. The average molecular weight is 327 g/mol. The molecule has 2 nitrogen and oxygen atoms in total. The third-order valence-corrected chi connectivity index (χ3v) is 4.83. The van der Waals surface area contributed by atoms with Crippen LogP contribution < -0.4 is 5.32 Å². The molecule has 1 aromatic carbocycles. The van der Waals surface area contributed by atoms with Crippen molar-refractivity contribution in [2.75, 3.05) is 5.75 Å². The van der Waals surface area contributed by atoms with Crippen LogP contribution in [0.1, 0.15) is 43.6 Å². The number of hydrogen-bond acceptors (Lipinski definition) is 3. The molecule has 0 saturated carbocycles. The van der Waals surface area contributed by atoms with Crippen molar-refractivity contribution in [1.82, 2.24) is 5.32 Å². The number of allylic oxidation sites excluding steroid dienone is 4. The largest absolute Gasteiger partial charge is 0.385 e. The summed E-state index contributed by atoms with van der Waals surface area (Å²) in [7, 11) is 0. The Labute approximate surface area is 143 Å². The summed E-state index contributed by atoms with van der Waals surface area (Å²) in [5, 5.41) is 3.23. The fraction of sp³-hybridized carbons (Fsp3) is 0.350. The molecule has 1 heterocycles. The van der Waals surface area contributed by atoms with Gasteiger partial charge in [0.25, 0.3) is 0 Å². The standard InChI is InChI=1S/C20H25NOS/c1-5-16-7-9-17(10-8-16)20(22)19(15(4)23-6-2)18-11-12-21-14(3)13-18/h7-14,21H,5-6H2,1-4H3/b19-15-. The van der Waals surface area contributed by atoms with Gasteiger partial charge in [0.2, 0.25) is 0 Å². The minimum absolute atomic E-state index is 0.108. The summed E-state index contributed by atoms with van der Waals surface area (Å²) in [6, 6.07) is 8.21. The van der Waals surface area contributed by atoms with Gasteiger partial charge in [-0.1, -0.05) is 44.2 Å². The van der Waals surface area contributed by atoms with Crippen molar-refractivity contribution in [3.63, 3.8) is 0 Å². The van der Waals surface area contributed by atoms with Gasteiger partial charge < -0.3 is 5.32 Å². The van der Waals surface area contributed by atoms with Gasteiger partial charge in [-0.25, -0.2) is 0 Å². The van der Waals surface area contributed by atoms with Crippen LogP contribution in [0.15, 0.2) is 58.7 Å². The lowest BCUT2D eigenvalue weighted by atomic mass is 9.93. The number of ketones is 1. The maximum Gasteiger partial charge on any atom is 0.194 e. The highest BCUT2D eigenvalue weighted by Gasteiger charge is 2.20.